The molecule has 0 aromatic rings. The maximum Gasteiger partial charge on any atom is 0.311 e. The summed E-state index contributed by atoms with van der Waals surface area (Å²) < 4.78 is 34.4. The molecule has 1 fully saturated rings. The van der Waals surface area contributed by atoms with Crippen LogP contribution >= 0.6 is 0 Å². The summed E-state index contributed by atoms with van der Waals surface area (Å²) in [5.74, 6) is -2.33. The van der Waals surface area contributed by atoms with Crippen LogP contribution in [0, 0.1) is 21.7 Å². The first-order valence-electron chi connectivity index (χ1n) is 12.5. The molecule has 0 aliphatic carbocycles. The van der Waals surface area contributed by atoms with Gasteiger partial charge >= 0.3 is 23.9 Å². The average molecular weight is 531 g/mol. The van der Waals surface area contributed by atoms with E-state index in [9.17, 15) is 19.2 Å². The molecule has 0 amide bonds. The molecule has 0 unspecified atom stereocenters. The molecule has 1 saturated heterocycles. The Morgan fingerprint density at radius 2 is 0.919 bits per heavy atom. The third-order valence-electron chi connectivity index (χ3n) is 5.38. The molecule has 214 valence electrons. The van der Waals surface area contributed by atoms with Crippen molar-refractivity contribution >= 4 is 23.9 Å². The second kappa shape index (κ2) is 11.7. The summed E-state index contributed by atoms with van der Waals surface area (Å²) in [5.41, 5.74) is -3.53. The molecule has 0 spiro atoms. The predicted octanol–water partition coefficient (Wildman–Crippen LogP) is 3.82. The smallest absolute Gasteiger partial charge is 0.311 e. The molecule has 0 saturated carbocycles. The van der Waals surface area contributed by atoms with Crippen LogP contribution in [-0.2, 0) is 47.6 Å². The number of hydrogen-bond donors (Lipinski definition) is 0. The van der Waals surface area contributed by atoms with Crippen LogP contribution in [0.1, 0.15) is 83.1 Å². The van der Waals surface area contributed by atoms with Crippen LogP contribution in [0.15, 0.2) is 0 Å². The summed E-state index contributed by atoms with van der Waals surface area (Å²) in [4.78, 5) is 51.3. The van der Waals surface area contributed by atoms with E-state index in [1.54, 1.807) is 83.1 Å². The van der Waals surface area contributed by atoms with Crippen molar-refractivity contribution < 1.29 is 47.6 Å². The quantitative estimate of drug-likeness (QED) is 0.370. The molecular weight excluding hydrogens is 484 g/mol. The van der Waals surface area contributed by atoms with Crippen molar-refractivity contribution in [3.8, 4) is 0 Å². The van der Waals surface area contributed by atoms with Crippen molar-refractivity contribution in [1.82, 2.24) is 0 Å². The Labute approximate surface area is 221 Å². The van der Waals surface area contributed by atoms with Crippen molar-refractivity contribution in [1.29, 1.82) is 0 Å². The lowest BCUT2D eigenvalue weighted by Crippen LogP contribution is -2.64. The lowest BCUT2D eigenvalue weighted by molar-refractivity contribution is -0.306. The Hall–Kier alpha value is -2.20. The maximum atomic E-state index is 13.0. The van der Waals surface area contributed by atoms with E-state index < -0.39 is 76.2 Å². The second-order valence-electron chi connectivity index (χ2n) is 13.5. The van der Waals surface area contributed by atoms with Gasteiger partial charge in [-0.05, 0) is 83.1 Å². The first-order chi connectivity index (χ1) is 16.5. The average Bonchev–Trinajstić information content (AvgIpc) is 2.71. The molecule has 10 heteroatoms. The Morgan fingerprint density at radius 3 is 1.27 bits per heavy atom. The minimum Gasteiger partial charge on any atom is -0.462 e. The number of methoxy groups -OCH3 is 1. The zero-order chi connectivity index (χ0) is 29.1. The van der Waals surface area contributed by atoms with E-state index in [-0.39, 0.29) is 6.61 Å². The van der Waals surface area contributed by atoms with Crippen molar-refractivity contribution in [2.24, 2.45) is 21.7 Å². The number of hydrogen-bond acceptors (Lipinski definition) is 10. The molecule has 0 bridgehead atoms. The number of rotatable bonds is 6. The minimum absolute atomic E-state index is 0.318. The van der Waals surface area contributed by atoms with Crippen LogP contribution in [0.25, 0.3) is 0 Å². The van der Waals surface area contributed by atoms with Gasteiger partial charge in [0.25, 0.3) is 0 Å². The zero-order valence-electron chi connectivity index (χ0n) is 24.7. The Balaban J connectivity index is 3.58. The van der Waals surface area contributed by atoms with Crippen molar-refractivity contribution in [2.75, 3.05) is 13.7 Å². The summed E-state index contributed by atoms with van der Waals surface area (Å²) in [6.07, 6.45) is -6.12. The van der Waals surface area contributed by atoms with Crippen molar-refractivity contribution in [2.45, 2.75) is 114 Å². The summed E-state index contributed by atoms with van der Waals surface area (Å²) >= 11 is 0. The highest BCUT2D eigenvalue weighted by atomic mass is 16.7. The predicted molar refractivity (Wildman–Crippen MR) is 134 cm³/mol. The van der Waals surface area contributed by atoms with Gasteiger partial charge in [-0.25, -0.2) is 0 Å². The van der Waals surface area contributed by atoms with Gasteiger partial charge in [-0.3, -0.25) is 19.2 Å². The van der Waals surface area contributed by atoms with Gasteiger partial charge in [0.2, 0.25) is 0 Å². The number of ether oxygens (including phenoxy) is 6. The fourth-order valence-corrected chi connectivity index (χ4v) is 2.88. The molecule has 10 nitrogen and oxygen atoms in total. The molecule has 0 radical (unpaired) electrons. The van der Waals surface area contributed by atoms with Crippen molar-refractivity contribution in [3.63, 3.8) is 0 Å². The first kappa shape index (κ1) is 32.8. The van der Waals surface area contributed by atoms with Crippen LogP contribution in [0.4, 0.5) is 0 Å². The summed E-state index contributed by atoms with van der Waals surface area (Å²) in [6.45, 7) is 19.8. The third-order valence-corrected chi connectivity index (χ3v) is 5.38. The fraction of sp³-hybridized carbons (Fsp3) is 0.852. The van der Waals surface area contributed by atoms with Crippen molar-refractivity contribution in [3.05, 3.63) is 0 Å². The van der Waals surface area contributed by atoms with Gasteiger partial charge in [0.15, 0.2) is 24.6 Å². The minimum atomic E-state index is -1.30. The molecule has 5 atom stereocenters. The molecule has 1 aliphatic heterocycles. The fourth-order valence-electron chi connectivity index (χ4n) is 2.88. The first-order valence-corrected chi connectivity index (χ1v) is 12.5. The van der Waals surface area contributed by atoms with E-state index in [0.29, 0.717) is 0 Å². The van der Waals surface area contributed by atoms with Crippen LogP contribution < -0.4 is 0 Å². The number of carbonyl (C=O) groups is 4. The monoisotopic (exact) mass is 530 g/mol. The van der Waals surface area contributed by atoms with Gasteiger partial charge in [0.05, 0.1) is 21.7 Å². The molecule has 37 heavy (non-hydrogen) atoms. The highest BCUT2D eigenvalue weighted by Gasteiger charge is 2.54. The van der Waals surface area contributed by atoms with Crippen LogP contribution in [-0.4, -0.2) is 68.3 Å². The van der Waals surface area contributed by atoms with Crippen LogP contribution in [0.3, 0.4) is 0 Å². The normalized spacial score (nSPS) is 25.2. The number of esters is 4. The van der Waals surface area contributed by atoms with E-state index in [2.05, 4.69) is 0 Å². The Kier molecular flexibility index (Phi) is 10.4. The highest BCUT2D eigenvalue weighted by Crippen LogP contribution is 2.34. The molecule has 0 aromatic heterocycles. The molecule has 0 N–H and O–H groups in total. The zero-order valence-corrected chi connectivity index (χ0v) is 24.7. The molecule has 1 rings (SSSR count). The standard InChI is InChI=1S/C27H46O10/c1-24(2,3)20(28)33-14-15-16(35-21(29)25(4,5)6)17(36-22(30)26(7,8)9)18(19(32-13)34-15)37-23(31)27(10,11)12/h15-19H,14H2,1-13H3/t15-,16-,17+,18+,19-/m1/s1. The van der Waals surface area contributed by atoms with Crippen LogP contribution in [0.5, 0.6) is 0 Å². The molecule has 0 aromatic carbocycles. The molecular formula is C27H46O10. The summed E-state index contributed by atoms with van der Waals surface area (Å²) in [7, 11) is 1.34. The van der Waals surface area contributed by atoms with E-state index in [1.165, 1.54) is 7.11 Å². The Morgan fingerprint density at radius 1 is 0.568 bits per heavy atom. The second-order valence-corrected chi connectivity index (χ2v) is 13.5. The van der Waals surface area contributed by atoms with Gasteiger partial charge in [0.1, 0.15) is 12.7 Å². The number of carbonyl (C=O) groups excluding carboxylic acids is 4. The van der Waals surface area contributed by atoms with E-state index >= 15 is 0 Å². The van der Waals surface area contributed by atoms with E-state index in [4.69, 9.17) is 28.4 Å². The largest absolute Gasteiger partial charge is 0.462 e. The molecule has 1 heterocycles. The van der Waals surface area contributed by atoms with E-state index in [1.807, 2.05) is 0 Å². The summed E-state index contributed by atoms with van der Waals surface area (Å²) in [5, 5.41) is 0. The van der Waals surface area contributed by atoms with Gasteiger partial charge < -0.3 is 28.4 Å². The topological polar surface area (TPSA) is 124 Å². The lowest BCUT2D eigenvalue weighted by atomic mass is 9.93. The van der Waals surface area contributed by atoms with Gasteiger partial charge in [-0.15, -0.1) is 0 Å². The third kappa shape index (κ3) is 9.25. The maximum absolute atomic E-state index is 13.0. The van der Waals surface area contributed by atoms with Gasteiger partial charge in [0, 0.05) is 7.11 Å². The lowest BCUT2D eigenvalue weighted by Gasteiger charge is -2.45. The van der Waals surface area contributed by atoms with Gasteiger partial charge in [-0.2, -0.15) is 0 Å². The van der Waals surface area contributed by atoms with Gasteiger partial charge in [-0.1, -0.05) is 0 Å². The Bertz CT molecular complexity index is 835. The molecule has 1 aliphatic rings. The summed E-state index contributed by atoms with van der Waals surface area (Å²) in [6, 6.07) is 0. The SMILES string of the molecule is CO[C@@H]1O[C@H](COC(=O)C(C)(C)C)[C@@H](OC(=O)C(C)(C)C)[C@H](OC(=O)C(C)(C)C)[C@@H]1OC(=O)C(C)(C)C. The van der Waals surface area contributed by atoms with Crippen LogP contribution in [0.2, 0.25) is 0 Å². The van der Waals surface area contributed by atoms with E-state index in [0.717, 1.165) is 0 Å². The highest BCUT2D eigenvalue weighted by molar-refractivity contribution is 5.78.